The first-order chi connectivity index (χ1) is 9.55. The molecule has 0 saturated carbocycles. The maximum absolute atomic E-state index is 6.28. The molecule has 20 heavy (non-hydrogen) atoms. The van der Waals surface area contributed by atoms with E-state index in [1.54, 1.807) is 0 Å². The molecule has 0 spiro atoms. The Morgan fingerprint density at radius 1 is 1.20 bits per heavy atom. The number of ether oxygens (including phenoxy) is 2. The summed E-state index contributed by atoms with van der Waals surface area (Å²) >= 11 is 3.47. The minimum atomic E-state index is -0.417. The Morgan fingerprint density at radius 2 is 1.95 bits per heavy atom. The topological polar surface area (TPSA) is 70.3 Å². The fraction of sp³-hybridized carbons (Fsp3) is 0.286. The number of methoxy groups -OCH3 is 2. The van der Waals surface area contributed by atoms with Crippen molar-refractivity contribution in [3.05, 3.63) is 45.7 Å². The summed E-state index contributed by atoms with van der Waals surface area (Å²) in [5, 5.41) is 0. The van der Waals surface area contributed by atoms with Crippen molar-refractivity contribution in [3.63, 3.8) is 0 Å². The summed E-state index contributed by atoms with van der Waals surface area (Å²) in [6.07, 6.45) is 1.53. The molecule has 1 atom stereocenters. The van der Waals surface area contributed by atoms with Crippen molar-refractivity contribution in [3.8, 4) is 11.8 Å². The number of aryl methyl sites for hydroxylation is 1. The van der Waals surface area contributed by atoms with Crippen LogP contribution in [0, 0.1) is 6.92 Å². The van der Waals surface area contributed by atoms with Gasteiger partial charge in [-0.3, -0.25) is 0 Å². The summed E-state index contributed by atoms with van der Waals surface area (Å²) in [6, 6.07) is 5.58. The number of benzene rings is 1. The predicted octanol–water partition coefficient (Wildman–Crippen LogP) is 2.61. The van der Waals surface area contributed by atoms with Gasteiger partial charge in [0.05, 0.1) is 26.5 Å². The third-order valence-electron chi connectivity index (χ3n) is 2.87. The molecule has 6 heteroatoms. The van der Waals surface area contributed by atoms with Gasteiger partial charge >= 0.3 is 0 Å². The third-order valence-corrected chi connectivity index (χ3v) is 3.32. The van der Waals surface area contributed by atoms with Gasteiger partial charge in [-0.2, -0.15) is 4.98 Å². The molecule has 1 heterocycles. The molecule has 0 fully saturated rings. The highest BCUT2D eigenvalue weighted by atomic mass is 79.9. The average Bonchev–Trinajstić information content (AvgIpc) is 2.44. The van der Waals surface area contributed by atoms with Crippen LogP contribution in [0.1, 0.15) is 22.9 Å². The summed E-state index contributed by atoms with van der Waals surface area (Å²) < 4.78 is 11.3. The van der Waals surface area contributed by atoms with Gasteiger partial charge in [-0.25, -0.2) is 4.98 Å². The van der Waals surface area contributed by atoms with Crippen molar-refractivity contribution in [1.82, 2.24) is 9.97 Å². The standard InChI is InChI=1S/C14H16BrN3O2/c1-8-4-9(6-10(15)5-8)12(16)13-14(20-3)18-11(19-2)7-17-13/h4-7,12H,16H2,1-3H3. The Labute approximate surface area is 126 Å². The van der Waals surface area contributed by atoms with Crippen molar-refractivity contribution in [2.24, 2.45) is 5.73 Å². The molecule has 2 N–H and O–H groups in total. The van der Waals surface area contributed by atoms with Crippen LogP contribution in [0.4, 0.5) is 0 Å². The molecule has 1 unspecified atom stereocenters. The van der Waals surface area contributed by atoms with Crippen molar-refractivity contribution in [2.75, 3.05) is 14.2 Å². The van der Waals surface area contributed by atoms with E-state index in [1.807, 2.05) is 25.1 Å². The molecule has 0 bridgehead atoms. The summed E-state index contributed by atoms with van der Waals surface area (Å²) in [5.41, 5.74) is 8.91. The van der Waals surface area contributed by atoms with Crippen LogP contribution in [0.15, 0.2) is 28.9 Å². The summed E-state index contributed by atoms with van der Waals surface area (Å²) in [4.78, 5) is 8.51. The molecule has 1 aromatic heterocycles. The summed E-state index contributed by atoms with van der Waals surface area (Å²) in [5.74, 6) is 0.762. The monoisotopic (exact) mass is 337 g/mol. The lowest BCUT2D eigenvalue weighted by Gasteiger charge is -2.15. The first kappa shape index (κ1) is 14.7. The van der Waals surface area contributed by atoms with Crippen LogP contribution in [0.2, 0.25) is 0 Å². The number of nitrogens with two attached hydrogens (primary N) is 1. The maximum Gasteiger partial charge on any atom is 0.240 e. The number of aromatic nitrogens is 2. The SMILES string of the molecule is COc1cnc(C(N)c2cc(C)cc(Br)c2)c(OC)n1. The number of hydrogen-bond acceptors (Lipinski definition) is 5. The van der Waals surface area contributed by atoms with Gasteiger partial charge in [0, 0.05) is 4.47 Å². The second-order valence-corrected chi connectivity index (χ2v) is 5.26. The minimum absolute atomic E-state index is 0.370. The van der Waals surface area contributed by atoms with Gasteiger partial charge in [-0.15, -0.1) is 0 Å². The smallest absolute Gasteiger partial charge is 0.240 e. The number of rotatable bonds is 4. The Bertz CT molecular complexity index is 599. The van der Waals surface area contributed by atoms with E-state index in [1.165, 1.54) is 20.4 Å². The quantitative estimate of drug-likeness (QED) is 0.928. The fourth-order valence-electron chi connectivity index (χ4n) is 1.93. The van der Waals surface area contributed by atoms with Crippen LogP contribution in [0.3, 0.4) is 0 Å². The predicted molar refractivity (Wildman–Crippen MR) is 80.0 cm³/mol. The Hall–Kier alpha value is -1.66. The zero-order valence-electron chi connectivity index (χ0n) is 11.6. The molecule has 5 nitrogen and oxygen atoms in total. The van der Waals surface area contributed by atoms with Crippen molar-refractivity contribution >= 4 is 15.9 Å². The highest BCUT2D eigenvalue weighted by Gasteiger charge is 2.18. The fourth-order valence-corrected chi connectivity index (χ4v) is 2.56. The van der Waals surface area contributed by atoms with Gasteiger partial charge in [-0.05, 0) is 30.2 Å². The largest absolute Gasteiger partial charge is 0.480 e. The summed E-state index contributed by atoms with van der Waals surface area (Å²) in [7, 11) is 3.06. The Balaban J connectivity index is 2.44. The molecule has 106 valence electrons. The summed E-state index contributed by atoms with van der Waals surface area (Å²) in [6.45, 7) is 2.01. The molecule has 0 aliphatic rings. The highest BCUT2D eigenvalue weighted by molar-refractivity contribution is 9.10. The van der Waals surface area contributed by atoms with E-state index >= 15 is 0 Å². The molecule has 0 amide bonds. The van der Waals surface area contributed by atoms with E-state index in [2.05, 4.69) is 25.9 Å². The normalized spacial score (nSPS) is 12.1. The van der Waals surface area contributed by atoms with Crippen LogP contribution in [-0.2, 0) is 0 Å². The minimum Gasteiger partial charge on any atom is -0.480 e. The first-order valence-electron chi connectivity index (χ1n) is 6.02. The van der Waals surface area contributed by atoms with Crippen molar-refractivity contribution in [2.45, 2.75) is 13.0 Å². The van der Waals surface area contributed by atoms with Crippen LogP contribution >= 0.6 is 15.9 Å². The first-order valence-corrected chi connectivity index (χ1v) is 6.82. The van der Waals surface area contributed by atoms with E-state index in [9.17, 15) is 0 Å². The maximum atomic E-state index is 6.28. The number of hydrogen-bond donors (Lipinski definition) is 1. The van der Waals surface area contributed by atoms with Crippen molar-refractivity contribution in [1.29, 1.82) is 0 Å². The molecular formula is C14H16BrN3O2. The molecule has 0 radical (unpaired) electrons. The van der Waals surface area contributed by atoms with E-state index in [0.717, 1.165) is 15.6 Å². The average molecular weight is 338 g/mol. The van der Waals surface area contributed by atoms with Gasteiger partial charge in [0.1, 0.15) is 5.69 Å². The zero-order chi connectivity index (χ0) is 14.7. The molecule has 1 aromatic carbocycles. The number of nitrogens with zero attached hydrogens (tertiary/aromatic N) is 2. The van der Waals surface area contributed by atoms with Gasteiger partial charge in [0.2, 0.25) is 11.8 Å². The zero-order valence-corrected chi connectivity index (χ0v) is 13.1. The number of halogens is 1. The second-order valence-electron chi connectivity index (χ2n) is 4.35. The molecule has 2 rings (SSSR count). The Morgan fingerprint density at radius 3 is 2.55 bits per heavy atom. The molecular weight excluding hydrogens is 322 g/mol. The van der Waals surface area contributed by atoms with Crippen molar-refractivity contribution < 1.29 is 9.47 Å². The Kier molecular flexibility index (Phi) is 4.57. The van der Waals surface area contributed by atoms with Gasteiger partial charge in [0.15, 0.2) is 0 Å². The van der Waals surface area contributed by atoms with E-state index in [-0.39, 0.29) is 0 Å². The van der Waals surface area contributed by atoms with E-state index in [4.69, 9.17) is 15.2 Å². The van der Waals surface area contributed by atoms with Gasteiger partial charge in [-0.1, -0.05) is 22.0 Å². The van der Waals surface area contributed by atoms with E-state index < -0.39 is 6.04 Å². The van der Waals surface area contributed by atoms with Crippen LogP contribution < -0.4 is 15.2 Å². The second kappa shape index (κ2) is 6.19. The van der Waals surface area contributed by atoms with Crippen LogP contribution in [0.5, 0.6) is 11.8 Å². The molecule has 0 saturated heterocycles. The van der Waals surface area contributed by atoms with Gasteiger partial charge < -0.3 is 15.2 Å². The highest BCUT2D eigenvalue weighted by Crippen LogP contribution is 2.28. The van der Waals surface area contributed by atoms with Crippen LogP contribution in [-0.4, -0.2) is 24.2 Å². The molecule has 0 aliphatic heterocycles. The van der Waals surface area contributed by atoms with E-state index in [0.29, 0.717) is 17.5 Å². The van der Waals surface area contributed by atoms with Gasteiger partial charge in [0.25, 0.3) is 0 Å². The lowest BCUT2D eigenvalue weighted by atomic mass is 10.0. The van der Waals surface area contributed by atoms with Crippen LogP contribution in [0.25, 0.3) is 0 Å². The molecule has 0 aliphatic carbocycles. The lowest BCUT2D eigenvalue weighted by molar-refractivity contribution is 0.355. The lowest BCUT2D eigenvalue weighted by Crippen LogP contribution is -2.16. The molecule has 2 aromatic rings. The third kappa shape index (κ3) is 3.08.